The molecule has 1 fully saturated rings. The predicted molar refractivity (Wildman–Crippen MR) is 138 cm³/mol. The van der Waals surface area contributed by atoms with Gasteiger partial charge in [0.2, 0.25) is 11.8 Å². The summed E-state index contributed by atoms with van der Waals surface area (Å²) in [6.07, 6.45) is 2.80. The Morgan fingerprint density at radius 2 is 1.76 bits per heavy atom. The molecule has 4 heterocycles. The monoisotopic (exact) mass is 501 g/mol. The van der Waals surface area contributed by atoms with Gasteiger partial charge in [-0.05, 0) is 18.2 Å². The summed E-state index contributed by atoms with van der Waals surface area (Å²) in [5, 5.41) is 8.96. The zero-order chi connectivity index (χ0) is 25.8. The van der Waals surface area contributed by atoms with Crippen LogP contribution in [0.3, 0.4) is 0 Å². The summed E-state index contributed by atoms with van der Waals surface area (Å²) in [5.41, 5.74) is 2.46. The molecule has 5 rings (SSSR count). The number of fused-ring (bicyclic) bond motifs is 1. The van der Waals surface area contributed by atoms with Gasteiger partial charge < -0.3 is 30.4 Å². The Balaban J connectivity index is 1.74. The number of hydrogen-bond acceptors (Lipinski definition) is 8. The van der Waals surface area contributed by atoms with Crippen LogP contribution in [0, 0.1) is 0 Å². The fourth-order valence-corrected chi connectivity index (χ4v) is 4.28. The van der Waals surface area contributed by atoms with Gasteiger partial charge in [-0.3, -0.25) is 14.6 Å². The van der Waals surface area contributed by atoms with E-state index < -0.39 is 0 Å². The lowest BCUT2D eigenvalue weighted by atomic mass is 10.00. The van der Waals surface area contributed by atoms with E-state index in [2.05, 4.69) is 30.9 Å². The van der Waals surface area contributed by atoms with Crippen LogP contribution in [0.2, 0.25) is 0 Å². The lowest BCUT2D eigenvalue weighted by Gasteiger charge is -2.23. The number of hydrogen-bond donors (Lipinski definition) is 4. The van der Waals surface area contributed by atoms with Crippen molar-refractivity contribution in [2.45, 2.75) is 18.9 Å². The Labute approximate surface area is 213 Å². The van der Waals surface area contributed by atoms with E-state index in [-0.39, 0.29) is 29.3 Å². The lowest BCUT2D eigenvalue weighted by molar-refractivity contribution is 0.0244. The highest BCUT2D eigenvalue weighted by Gasteiger charge is 2.29. The number of pyridine rings is 1. The summed E-state index contributed by atoms with van der Waals surface area (Å²) in [4.78, 5) is 42.5. The number of nitrogens with zero attached hydrogens (tertiary/aromatic N) is 3. The second kappa shape index (κ2) is 10.6. The van der Waals surface area contributed by atoms with Gasteiger partial charge in [0, 0.05) is 49.9 Å². The maximum atomic E-state index is 13.0. The number of ether oxygens (including phenoxy) is 2. The van der Waals surface area contributed by atoms with Crippen molar-refractivity contribution in [3.8, 4) is 17.0 Å². The van der Waals surface area contributed by atoms with Crippen LogP contribution in [0.15, 0.2) is 48.7 Å². The Morgan fingerprint density at radius 3 is 2.49 bits per heavy atom. The van der Waals surface area contributed by atoms with Crippen molar-refractivity contribution < 1.29 is 19.1 Å². The average molecular weight is 502 g/mol. The van der Waals surface area contributed by atoms with E-state index in [1.807, 2.05) is 30.3 Å². The largest absolute Gasteiger partial charge is 0.474 e. The Kier molecular flexibility index (Phi) is 6.95. The molecule has 11 heteroatoms. The molecule has 2 amide bonds. The van der Waals surface area contributed by atoms with E-state index in [0.717, 1.165) is 5.69 Å². The molecule has 4 N–H and O–H groups in total. The van der Waals surface area contributed by atoms with Crippen LogP contribution in [0.1, 0.15) is 33.8 Å². The highest BCUT2D eigenvalue weighted by Crippen LogP contribution is 2.39. The van der Waals surface area contributed by atoms with Gasteiger partial charge in [0.1, 0.15) is 23.1 Å². The van der Waals surface area contributed by atoms with Gasteiger partial charge in [-0.2, -0.15) is 9.97 Å². The number of H-pyrrole nitrogens is 1. The van der Waals surface area contributed by atoms with Crippen LogP contribution in [0.25, 0.3) is 22.2 Å². The van der Waals surface area contributed by atoms with Gasteiger partial charge in [-0.25, -0.2) is 0 Å². The van der Waals surface area contributed by atoms with Crippen molar-refractivity contribution in [1.82, 2.24) is 30.6 Å². The van der Waals surface area contributed by atoms with E-state index in [4.69, 9.17) is 14.5 Å². The van der Waals surface area contributed by atoms with Gasteiger partial charge >= 0.3 is 0 Å². The Bertz CT molecular complexity index is 1430. The molecule has 4 aromatic rings. The van der Waals surface area contributed by atoms with Gasteiger partial charge in [-0.1, -0.05) is 24.3 Å². The number of aromatic nitrogens is 4. The zero-order valence-corrected chi connectivity index (χ0v) is 20.5. The highest BCUT2D eigenvalue weighted by molar-refractivity contribution is 6.13. The predicted octanol–water partition coefficient (Wildman–Crippen LogP) is 3.04. The normalized spacial score (nSPS) is 13.8. The van der Waals surface area contributed by atoms with E-state index in [1.54, 1.807) is 12.1 Å². The number of benzene rings is 1. The summed E-state index contributed by atoms with van der Waals surface area (Å²) in [6.45, 7) is 1.17. The minimum atomic E-state index is -0.386. The molecule has 37 heavy (non-hydrogen) atoms. The van der Waals surface area contributed by atoms with E-state index in [0.29, 0.717) is 60.0 Å². The van der Waals surface area contributed by atoms with Crippen molar-refractivity contribution in [2.24, 2.45) is 0 Å². The molecular formula is C26H27N7O4. The number of anilines is 2. The molecule has 1 saturated heterocycles. The standard InChI is InChI=1S/C26H27N7O4/c1-27-23(34)20-17(9-6-12-29-20)18-19-22(31-21(18)24(35)28-2)32-26(30-15-7-4-3-5-8-15)33-25(19)37-16-10-13-36-14-11-16/h3-9,12,16H,10-11,13-14H2,1-2H3,(H,27,34)(H,28,35)(H2,30,31,32,33). The van der Waals surface area contributed by atoms with Crippen molar-refractivity contribution in [3.05, 3.63) is 60.0 Å². The molecular weight excluding hydrogens is 474 g/mol. The third-order valence-corrected chi connectivity index (χ3v) is 6.07. The first-order valence-corrected chi connectivity index (χ1v) is 12.0. The van der Waals surface area contributed by atoms with Crippen LogP contribution in [0.5, 0.6) is 5.88 Å². The second-order valence-corrected chi connectivity index (χ2v) is 8.43. The average Bonchev–Trinajstić information content (AvgIpc) is 3.33. The van der Waals surface area contributed by atoms with Crippen LogP contribution in [0.4, 0.5) is 11.6 Å². The molecule has 11 nitrogen and oxygen atoms in total. The molecule has 0 spiro atoms. The number of aromatic amines is 1. The molecule has 0 radical (unpaired) electrons. The number of nitrogens with one attached hydrogen (secondary N) is 4. The molecule has 0 saturated carbocycles. The quantitative estimate of drug-likeness (QED) is 0.303. The third-order valence-electron chi connectivity index (χ3n) is 6.07. The van der Waals surface area contributed by atoms with Gasteiger partial charge in [0.05, 0.1) is 18.6 Å². The maximum absolute atomic E-state index is 13.0. The minimum Gasteiger partial charge on any atom is -0.474 e. The fourth-order valence-electron chi connectivity index (χ4n) is 4.28. The van der Waals surface area contributed by atoms with E-state index in [9.17, 15) is 9.59 Å². The summed E-state index contributed by atoms with van der Waals surface area (Å²) >= 11 is 0. The van der Waals surface area contributed by atoms with Crippen molar-refractivity contribution in [3.63, 3.8) is 0 Å². The summed E-state index contributed by atoms with van der Waals surface area (Å²) in [6, 6.07) is 13.0. The Morgan fingerprint density at radius 1 is 1.00 bits per heavy atom. The second-order valence-electron chi connectivity index (χ2n) is 8.43. The zero-order valence-electron chi connectivity index (χ0n) is 20.5. The fraction of sp³-hybridized carbons (Fsp3) is 0.269. The van der Waals surface area contributed by atoms with Crippen molar-refractivity contribution in [1.29, 1.82) is 0 Å². The van der Waals surface area contributed by atoms with Gasteiger partial charge in [0.15, 0.2) is 0 Å². The van der Waals surface area contributed by atoms with E-state index in [1.165, 1.54) is 20.3 Å². The van der Waals surface area contributed by atoms with Crippen molar-refractivity contribution >= 4 is 34.5 Å². The lowest BCUT2D eigenvalue weighted by Crippen LogP contribution is -2.26. The molecule has 1 aliphatic rings. The first-order valence-electron chi connectivity index (χ1n) is 12.0. The number of para-hydroxylation sites is 1. The molecule has 1 aromatic carbocycles. The van der Waals surface area contributed by atoms with Crippen LogP contribution in [-0.4, -0.2) is 65.2 Å². The van der Waals surface area contributed by atoms with E-state index >= 15 is 0 Å². The van der Waals surface area contributed by atoms with Crippen molar-refractivity contribution in [2.75, 3.05) is 32.6 Å². The van der Waals surface area contributed by atoms with Gasteiger partial charge in [0.25, 0.3) is 11.8 Å². The van der Waals surface area contributed by atoms with Crippen LogP contribution in [-0.2, 0) is 4.74 Å². The van der Waals surface area contributed by atoms with Crippen LogP contribution >= 0.6 is 0 Å². The first kappa shape index (κ1) is 24.2. The highest BCUT2D eigenvalue weighted by atomic mass is 16.5. The summed E-state index contributed by atoms with van der Waals surface area (Å²) in [5.74, 6) is -0.171. The van der Waals surface area contributed by atoms with Crippen LogP contribution < -0.4 is 20.7 Å². The SMILES string of the molecule is CNC(=O)c1ncccc1-c1c(C(=O)NC)[nH]c2nc(Nc3ccccc3)nc(OC3CCOCC3)c12. The molecule has 0 aliphatic carbocycles. The smallest absolute Gasteiger partial charge is 0.270 e. The number of carbonyl (C=O) groups is 2. The molecule has 0 atom stereocenters. The molecule has 0 unspecified atom stereocenters. The maximum Gasteiger partial charge on any atom is 0.270 e. The number of rotatable bonds is 7. The topological polar surface area (TPSA) is 143 Å². The summed E-state index contributed by atoms with van der Waals surface area (Å²) in [7, 11) is 3.06. The number of amides is 2. The summed E-state index contributed by atoms with van der Waals surface area (Å²) < 4.78 is 11.9. The molecule has 0 bridgehead atoms. The minimum absolute atomic E-state index is 0.130. The van der Waals surface area contributed by atoms with Gasteiger partial charge in [-0.15, -0.1) is 0 Å². The Hall–Kier alpha value is -4.51. The molecule has 3 aromatic heterocycles. The molecule has 190 valence electrons. The first-order chi connectivity index (χ1) is 18.1. The third kappa shape index (κ3) is 4.94. The molecule has 1 aliphatic heterocycles. The number of carbonyl (C=O) groups excluding carboxylic acids is 2.